The van der Waals surface area contributed by atoms with Crippen LogP contribution in [0.1, 0.15) is 5.56 Å². The highest BCUT2D eigenvalue weighted by atomic mass is 16.5. The molecule has 0 saturated carbocycles. The van der Waals surface area contributed by atoms with E-state index in [0.29, 0.717) is 5.56 Å². The normalized spacial score (nSPS) is 28.9. The molecule has 1 aliphatic heterocycles. The second-order valence-electron chi connectivity index (χ2n) is 5.88. The Balaban J connectivity index is 1.92. The highest BCUT2D eigenvalue weighted by Crippen LogP contribution is 2.26. The number of aromatic hydroxyl groups is 1. The minimum Gasteiger partial charge on any atom is -0.504 e. The maximum Gasteiger partial charge on any atom is 0.244 e. The fraction of sp³-hybridized carbons (Fsp3) is 0.471. The summed E-state index contributed by atoms with van der Waals surface area (Å²) in [5.41, 5.74) is 0.627. The van der Waals surface area contributed by atoms with Crippen LogP contribution in [0.3, 0.4) is 0 Å². The lowest BCUT2D eigenvalue weighted by molar-refractivity contribution is -0.227. The van der Waals surface area contributed by atoms with Gasteiger partial charge in [-0.3, -0.25) is 4.79 Å². The van der Waals surface area contributed by atoms with Crippen molar-refractivity contribution in [3.05, 3.63) is 29.8 Å². The van der Waals surface area contributed by atoms with Gasteiger partial charge in [0.1, 0.15) is 30.5 Å². The number of nitrogens with one attached hydrogen (secondary N) is 1. The van der Waals surface area contributed by atoms with Crippen LogP contribution < -0.4 is 10.1 Å². The zero-order valence-electron chi connectivity index (χ0n) is 14.1. The van der Waals surface area contributed by atoms with Crippen molar-refractivity contribution < 1.29 is 39.8 Å². The molecule has 1 aromatic carbocycles. The molecular weight excluding hydrogens is 346 g/mol. The summed E-state index contributed by atoms with van der Waals surface area (Å²) in [6, 6.07) is 4.58. The van der Waals surface area contributed by atoms with Crippen molar-refractivity contribution in [1.29, 1.82) is 0 Å². The lowest BCUT2D eigenvalue weighted by Gasteiger charge is -2.40. The Hall–Kier alpha value is -2.17. The summed E-state index contributed by atoms with van der Waals surface area (Å²) in [6.45, 7) is -0.651. The van der Waals surface area contributed by atoms with Gasteiger partial charge in [-0.2, -0.15) is 0 Å². The molecule has 1 heterocycles. The third-order valence-corrected chi connectivity index (χ3v) is 4.10. The monoisotopic (exact) mass is 369 g/mol. The molecule has 0 radical (unpaired) electrons. The number of carbonyl (C=O) groups excluding carboxylic acids is 1. The fourth-order valence-electron chi connectivity index (χ4n) is 2.58. The van der Waals surface area contributed by atoms with E-state index >= 15 is 0 Å². The first-order chi connectivity index (χ1) is 12.4. The van der Waals surface area contributed by atoms with Gasteiger partial charge in [0, 0.05) is 12.6 Å². The van der Waals surface area contributed by atoms with Gasteiger partial charge in [-0.05, 0) is 23.8 Å². The molecule has 0 aromatic heterocycles. The van der Waals surface area contributed by atoms with E-state index in [1.807, 2.05) is 0 Å². The first-order valence-electron chi connectivity index (χ1n) is 8.00. The quantitative estimate of drug-likeness (QED) is 0.328. The van der Waals surface area contributed by atoms with Gasteiger partial charge in [0.15, 0.2) is 11.5 Å². The molecule has 26 heavy (non-hydrogen) atoms. The van der Waals surface area contributed by atoms with Crippen molar-refractivity contribution in [3.63, 3.8) is 0 Å². The highest BCUT2D eigenvalue weighted by Gasteiger charge is 2.43. The van der Waals surface area contributed by atoms with E-state index < -0.39 is 43.0 Å². The lowest BCUT2D eigenvalue weighted by atomic mass is 9.95. The van der Waals surface area contributed by atoms with Crippen molar-refractivity contribution in [2.75, 3.05) is 20.3 Å². The average molecular weight is 369 g/mol. The molecular formula is C17H23NO8. The zero-order chi connectivity index (χ0) is 19.3. The molecule has 1 saturated heterocycles. The van der Waals surface area contributed by atoms with Gasteiger partial charge >= 0.3 is 0 Å². The summed E-state index contributed by atoms with van der Waals surface area (Å²) < 4.78 is 10.3. The topological polar surface area (TPSA) is 149 Å². The van der Waals surface area contributed by atoms with E-state index in [1.165, 1.54) is 25.3 Å². The summed E-state index contributed by atoms with van der Waals surface area (Å²) in [6.07, 6.45) is -3.57. The predicted molar refractivity (Wildman–Crippen MR) is 90.5 cm³/mol. The van der Waals surface area contributed by atoms with Crippen LogP contribution in [0.5, 0.6) is 11.5 Å². The Morgan fingerprint density at radius 1 is 1.23 bits per heavy atom. The Bertz CT molecular complexity index is 648. The first-order valence-corrected chi connectivity index (χ1v) is 8.00. The molecule has 2 rings (SSSR count). The molecule has 1 amide bonds. The molecule has 0 spiro atoms. The second kappa shape index (κ2) is 8.97. The SMILES string of the molecule is COc1cc(/C=C/C(=O)NC[C@@H]2O[C@H](CO)[C@@H](O)[C@H](O)[C@H]2O)ccc1O. The number of hydrogen-bond acceptors (Lipinski definition) is 8. The minimum absolute atomic E-state index is 0.0169. The maximum absolute atomic E-state index is 11.9. The van der Waals surface area contributed by atoms with Crippen LogP contribution in [0.2, 0.25) is 0 Å². The smallest absolute Gasteiger partial charge is 0.244 e. The van der Waals surface area contributed by atoms with E-state index in [1.54, 1.807) is 12.1 Å². The number of methoxy groups -OCH3 is 1. The number of phenols is 1. The van der Waals surface area contributed by atoms with Crippen LogP contribution in [0.25, 0.3) is 6.08 Å². The van der Waals surface area contributed by atoms with Crippen LogP contribution in [-0.4, -0.2) is 82.2 Å². The van der Waals surface area contributed by atoms with E-state index in [2.05, 4.69) is 5.32 Å². The van der Waals surface area contributed by atoms with Crippen molar-refractivity contribution in [2.45, 2.75) is 30.5 Å². The third-order valence-electron chi connectivity index (χ3n) is 4.10. The standard InChI is InChI=1S/C17H23NO8/c1-25-11-6-9(2-4-10(11)20)3-5-14(21)18-7-12-15(22)17(24)16(23)13(8-19)26-12/h2-6,12-13,15-17,19-20,22-24H,7-8H2,1H3,(H,18,21)/b5-3+/t12-,13+,15-,16+,17+/m0/s1. The molecule has 1 aliphatic rings. The van der Waals surface area contributed by atoms with Crippen LogP contribution in [0.15, 0.2) is 24.3 Å². The summed E-state index contributed by atoms with van der Waals surface area (Å²) >= 11 is 0. The Morgan fingerprint density at radius 3 is 2.58 bits per heavy atom. The lowest BCUT2D eigenvalue weighted by Crippen LogP contribution is -2.60. The van der Waals surface area contributed by atoms with E-state index in [-0.39, 0.29) is 18.0 Å². The van der Waals surface area contributed by atoms with E-state index in [9.17, 15) is 25.2 Å². The zero-order valence-corrected chi connectivity index (χ0v) is 14.1. The van der Waals surface area contributed by atoms with Gasteiger partial charge in [-0.15, -0.1) is 0 Å². The molecule has 6 N–H and O–H groups in total. The van der Waals surface area contributed by atoms with Crippen molar-refractivity contribution in [1.82, 2.24) is 5.32 Å². The summed E-state index contributed by atoms with van der Waals surface area (Å²) in [5.74, 6) is -0.223. The molecule has 0 unspecified atom stereocenters. The predicted octanol–water partition coefficient (Wildman–Crippen LogP) is -1.63. The van der Waals surface area contributed by atoms with Crippen molar-refractivity contribution >= 4 is 12.0 Å². The van der Waals surface area contributed by atoms with Gasteiger partial charge in [-0.1, -0.05) is 6.07 Å². The Labute approximate surface area is 150 Å². The number of amides is 1. The summed E-state index contributed by atoms with van der Waals surface area (Å²) in [4.78, 5) is 11.9. The Morgan fingerprint density at radius 2 is 1.92 bits per heavy atom. The van der Waals surface area contributed by atoms with E-state index in [0.717, 1.165) is 0 Å². The second-order valence-corrected chi connectivity index (χ2v) is 5.88. The number of aliphatic hydroxyl groups is 4. The van der Waals surface area contributed by atoms with Crippen LogP contribution in [0.4, 0.5) is 0 Å². The number of rotatable bonds is 6. The van der Waals surface area contributed by atoms with Gasteiger partial charge in [0.05, 0.1) is 13.7 Å². The number of phenolic OH excluding ortho intramolecular Hbond substituents is 1. The summed E-state index contributed by atoms with van der Waals surface area (Å²) in [7, 11) is 1.41. The van der Waals surface area contributed by atoms with Crippen molar-refractivity contribution in [2.24, 2.45) is 0 Å². The number of carbonyl (C=O) groups is 1. The van der Waals surface area contributed by atoms with Gasteiger partial charge < -0.3 is 40.3 Å². The maximum atomic E-state index is 11.9. The average Bonchev–Trinajstić information content (AvgIpc) is 2.65. The van der Waals surface area contributed by atoms with Crippen LogP contribution in [0, 0.1) is 0 Å². The molecule has 1 aromatic rings. The number of aliphatic hydroxyl groups excluding tert-OH is 4. The number of benzene rings is 1. The number of ether oxygens (including phenoxy) is 2. The molecule has 0 aliphatic carbocycles. The molecule has 144 valence electrons. The molecule has 1 fully saturated rings. The molecule has 9 heteroatoms. The van der Waals surface area contributed by atoms with Gasteiger partial charge in [0.25, 0.3) is 0 Å². The highest BCUT2D eigenvalue weighted by molar-refractivity contribution is 5.91. The first kappa shape index (κ1) is 20.1. The Kier molecular flexibility index (Phi) is 6.95. The molecule has 0 bridgehead atoms. The van der Waals surface area contributed by atoms with Crippen LogP contribution >= 0.6 is 0 Å². The van der Waals surface area contributed by atoms with E-state index in [4.69, 9.17) is 14.6 Å². The van der Waals surface area contributed by atoms with Gasteiger partial charge in [0.2, 0.25) is 5.91 Å². The molecule has 9 nitrogen and oxygen atoms in total. The van der Waals surface area contributed by atoms with Crippen LogP contribution in [-0.2, 0) is 9.53 Å². The third kappa shape index (κ3) is 4.71. The molecule has 5 atom stereocenters. The summed E-state index contributed by atoms with van der Waals surface area (Å²) in [5, 5.41) is 50.5. The largest absolute Gasteiger partial charge is 0.504 e. The van der Waals surface area contributed by atoms with Crippen molar-refractivity contribution in [3.8, 4) is 11.5 Å². The fourth-order valence-corrected chi connectivity index (χ4v) is 2.58. The number of hydrogen-bond donors (Lipinski definition) is 6. The van der Waals surface area contributed by atoms with Gasteiger partial charge in [-0.25, -0.2) is 0 Å². The minimum atomic E-state index is -1.48.